The molecule has 0 aliphatic heterocycles. The lowest BCUT2D eigenvalue weighted by atomic mass is 10.2. The minimum Gasteiger partial charge on any atom is -0.497 e. The molecule has 2 rings (SSSR count). The van der Waals surface area contributed by atoms with Crippen LogP contribution in [0.4, 0.5) is 11.4 Å². The summed E-state index contributed by atoms with van der Waals surface area (Å²) in [4.78, 5) is 24.1. The second-order valence-electron chi connectivity index (χ2n) is 5.87. The van der Waals surface area contributed by atoms with E-state index in [-0.39, 0.29) is 16.9 Å². The zero-order chi connectivity index (χ0) is 19.6. The Balaban J connectivity index is 1.94. The van der Waals surface area contributed by atoms with Crippen LogP contribution in [0.25, 0.3) is 0 Å². The summed E-state index contributed by atoms with van der Waals surface area (Å²) in [5.74, 6) is 0.228. The molecule has 142 valence electrons. The molecule has 2 amide bonds. The Morgan fingerprint density at radius 3 is 2.44 bits per heavy atom. The van der Waals surface area contributed by atoms with Gasteiger partial charge in [0, 0.05) is 23.4 Å². The van der Waals surface area contributed by atoms with E-state index in [4.69, 9.17) is 17.0 Å². The monoisotopic (exact) mass is 385 g/mol. The van der Waals surface area contributed by atoms with Gasteiger partial charge in [0.25, 0.3) is 5.91 Å². The third-order valence-corrected chi connectivity index (χ3v) is 3.92. The number of unbranched alkanes of at least 4 members (excludes halogenated alkanes) is 1. The Kier molecular flexibility index (Phi) is 7.76. The van der Waals surface area contributed by atoms with Crippen LogP contribution in [0.5, 0.6) is 5.75 Å². The lowest BCUT2D eigenvalue weighted by Crippen LogP contribution is -2.34. The summed E-state index contributed by atoms with van der Waals surface area (Å²) >= 11 is 5.20. The van der Waals surface area contributed by atoms with Gasteiger partial charge in [-0.25, -0.2) is 0 Å². The van der Waals surface area contributed by atoms with Gasteiger partial charge in [0.05, 0.1) is 7.11 Å². The van der Waals surface area contributed by atoms with E-state index >= 15 is 0 Å². The van der Waals surface area contributed by atoms with Crippen molar-refractivity contribution in [1.82, 2.24) is 5.32 Å². The van der Waals surface area contributed by atoms with Gasteiger partial charge < -0.3 is 15.4 Å². The molecule has 0 atom stereocenters. The van der Waals surface area contributed by atoms with E-state index in [0.717, 1.165) is 12.8 Å². The summed E-state index contributed by atoms with van der Waals surface area (Å²) in [5, 5.41) is 8.58. The number of carbonyl (C=O) groups excluding carboxylic acids is 2. The van der Waals surface area contributed by atoms with Crippen molar-refractivity contribution in [2.24, 2.45) is 0 Å². The van der Waals surface area contributed by atoms with Crippen molar-refractivity contribution in [3.63, 3.8) is 0 Å². The highest BCUT2D eigenvalue weighted by Gasteiger charge is 2.09. The lowest BCUT2D eigenvalue weighted by Gasteiger charge is -2.12. The molecule has 0 radical (unpaired) electrons. The number of anilines is 2. The standard InChI is InChI=1S/C20H23N3O3S/c1-3-4-11-18(24)21-15-8-6-9-16(13-15)22-20(27)23-19(25)14-7-5-10-17(12-14)26-2/h5-10,12-13H,3-4,11H2,1-2H3,(H,21,24)(H2,22,23,25,27). The number of methoxy groups -OCH3 is 1. The molecule has 3 N–H and O–H groups in total. The molecule has 7 heteroatoms. The minimum absolute atomic E-state index is 0.0251. The van der Waals surface area contributed by atoms with Crippen LogP contribution < -0.4 is 20.7 Å². The summed E-state index contributed by atoms with van der Waals surface area (Å²) in [6, 6.07) is 13.9. The van der Waals surface area contributed by atoms with Gasteiger partial charge in [-0.2, -0.15) is 0 Å². The molecule has 0 aliphatic carbocycles. The third-order valence-electron chi connectivity index (χ3n) is 3.72. The average Bonchev–Trinajstić information content (AvgIpc) is 2.66. The summed E-state index contributed by atoms with van der Waals surface area (Å²) < 4.78 is 5.11. The van der Waals surface area contributed by atoms with Gasteiger partial charge in [0.15, 0.2) is 5.11 Å². The predicted molar refractivity (Wildman–Crippen MR) is 111 cm³/mol. The zero-order valence-electron chi connectivity index (χ0n) is 15.4. The van der Waals surface area contributed by atoms with E-state index in [1.54, 1.807) is 48.5 Å². The molecule has 0 unspecified atom stereocenters. The van der Waals surface area contributed by atoms with Gasteiger partial charge in [-0.15, -0.1) is 0 Å². The van der Waals surface area contributed by atoms with Gasteiger partial charge in [0.2, 0.25) is 5.91 Å². The Morgan fingerprint density at radius 1 is 1.04 bits per heavy atom. The highest BCUT2D eigenvalue weighted by atomic mass is 32.1. The predicted octanol–water partition coefficient (Wildman–Crippen LogP) is 3.95. The first kappa shape index (κ1) is 20.4. The van der Waals surface area contributed by atoms with Crippen LogP contribution >= 0.6 is 12.2 Å². The van der Waals surface area contributed by atoms with E-state index in [1.807, 2.05) is 6.92 Å². The van der Waals surface area contributed by atoms with Crippen LogP contribution in [-0.4, -0.2) is 24.0 Å². The Hall–Kier alpha value is -2.93. The molecule has 0 saturated heterocycles. The van der Waals surface area contributed by atoms with Gasteiger partial charge in [-0.05, 0) is 55.0 Å². The number of nitrogens with one attached hydrogen (secondary N) is 3. The van der Waals surface area contributed by atoms with Crippen LogP contribution in [0.15, 0.2) is 48.5 Å². The second-order valence-corrected chi connectivity index (χ2v) is 6.28. The molecular formula is C20H23N3O3S. The van der Waals surface area contributed by atoms with Crippen LogP contribution in [-0.2, 0) is 4.79 Å². The van der Waals surface area contributed by atoms with Crippen LogP contribution in [0, 0.1) is 0 Å². The molecule has 0 aliphatic rings. The van der Waals surface area contributed by atoms with Crippen molar-refractivity contribution >= 4 is 40.5 Å². The fourth-order valence-electron chi connectivity index (χ4n) is 2.34. The van der Waals surface area contributed by atoms with Crippen molar-refractivity contribution < 1.29 is 14.3 Å². The number of benzene rings is 2. The Labute approximate surface area is 164 Å². The van der Waals surface area contributed by atoms with E-state index < -0.39 is 0 Å². The number of hydrogen-bond donors (Lipinski definition) is 3. The number of rotatable bonds is 7. The number of thiocarbonyl (C=S) groups is 1. The zero-order valence-corrected chi connectivity index (χ0v) is 16.2. The van der Waals surface area contributed by atoms with Crippen LogP contribution in [0.3, 0.4) is 0 Å². The quantitative estimate of drug-likeness (QED) is 0.629. The number of hydrogen-bond acceptors (Lipinski definition) is 4. The smallest absolute Gasteiger partial charge is 0.257 e. The first-order valence-electron chi connectivity index (χ1n) is 8.68. The summed E-state index contributed by atoms with van der Waals surface area (Å²) in [6.07, 6.45) is 2.31. The Bertz CT molecular complexity index is 824. The third kappa shape index (κ3) is 6.71. The first-order chi connectivity index (χ1) is 13.0. The summed E-state index contributed by atoms with van der Waals surface area (Å²) in [6.45, 7) is 2.04. The van der Waals surface area contributed by atoms with Gasteiger partial charge in [-0.3, -0.25) is 14.9 Å². The summed E-state index contributed by atoms with van der Waals surface area (Å²) in [7, 11) is 1.54. The van der Waals surface area contributed by atoms with E-state index in [9.17, 15) is 9.59 Å². The normalized spacial score (nSPS) is 10.0. The van der Waals surface area contributed by atoms with Gasteiger partial charge >= 0.3 is 0 Å². The maximum Gasteiger partial charge on any atom is 0.257 e. The number of ether oxygens (including phenoxy) is 1. The fraction of sp³-hybridized carbons (Fsp3) is 0.250. The largest absolute Gasteiger partial charge is 0.497 e. The van der Waals surface area contributed by atoms with Crippen molar-refractivity contribution in [1.29, 1.82) is 0 Å². The summed E-state index contributed by atoms with van der Waals surface area (Å²) in [5.41, 5.74) is 1.78. The lowest BCUT2D eigenvalue weighted by molar-refractivity contribution is -0.116. The van der Waals surface area contributed by atoms with Crippen LogP contribution in [0.1, 0.15) is 36.5 Å². The number of amides is 2. The Morgan fingerprint density at radius 2 is 1.74 bits per heavy atom. The van der Waals surface area contributed by atoms with Gasteiger partial charge in [0.1, 0.15) is 5.75 Å². The van der Waals surface area contributed by atoms with Crippen molar-refractivity contribution in [2.75, 3.05) is 17.7 Å². The van der Waals surface area contributed by atoms with E-state index in [0.29, 0.717) is 29.1 Å². The second kappa shape index (κ2) is 10.3. The van der Waals surface area contributed by atoms with Crippen molar-refractivity contribution in [3.05, 3.63) is 54.1 Å². The van der Waals surface area contributed by atoms with Gasteiger partial charge in [-0.1, -0.05) is 25.5 Å². The maximum atomic E-state index is 12.3. The molecule has 6 nitrogen and oxygen atoms in total. The molecule has 2 aromatic carbocycles. The first-order valence-corrected chi connectivity index (χ1v) is 9.09. The van der Waals surface area contributed by atoms with Crippen molar-refractivity contribution in [2.45, 2.75) is 26.2 Å². The molecule has 0 fully saturated rings. The molecule has 0 aromatic heterocycles. The highest BCUT2D eigenvalue weighted by Crippen LogP contribution is 2.16. The molecule has 0 bridgehead atoms. The molecule has 0 spiro atoms. The van der Waals surface area contributed by atoms with E-state index in [2.05, 4.69) is 16.0 Å². The van der Waals surface area contributed by atoms with Crippen LogP contribution in [0.2, 0.25) is 0 Å². The average molecular weight is 385 g/mol. The molecule has 2 aromatic rings. The molecular weight excluding hydrogens is 362 g/mol. The molecule has 0 heterocycles. The minimum atomic E-state index is -0.338. The number of carbonyl (C=O) groups is 2. The van der Waals surface area contributed by atoms with Crippen molar-refractivity contribution in [3.8, 4) is 5.75 Å². The molecule has 0 saturated carbocycles. The topological polar surface area (TPSA) is 79.5 Å². The maximum absolute atomic E-state index is 12.3. The SMILES string of the molecule is CCCCC(=O)Nc1cccc(NC(=S)NC(=O)c2cccc(OC)c2)c1. The fourth-order valence-corrected chi connectivity index (χ4v) is 2.55. The van der Waals surface area contributed by atoms with E-state index in [1.165, 1.54) is 7.11 Å². The molecule has 27 heavy (non-hydrogen) atoms. The highest BCUT2D eigenvalue weighted by molar-refractivity contribution is 7.80.